The molecule has 3 aromatic rings. The SMILES string of the molecule is Cc1ncsc1C(=O)NC1CCN(S(=O)(=O)c2ccc(C)c3ncccc23)CC1. The lowest BCUT2D eigenvalue weighted by molar-refractivity contribution is 0.0927. The fourth-order valence-electron chi connectivity index (χ4n) is 3.66. The molecule has 0 radical (unpaired) electrons. The molecule has 2 aromatic heterocycles. The van der Waals surface area contributed by atoms with Gasteiger partial charge in [-0.3, -0.25) is 9.78 Å². The van der Waals surface area contributed by atoms with E-state index in [0.717, 1.165) is 5.56 Å². The van der Waals surface area contributed by atoms with E-state index in [4.69, 9.17) is 0 Å². The Bertz CT molecular complexity index is 1170. The third-order valence-corrected chi connectivity index (χ3v) is 8.17. The molecule has 152 valence electrons. The van der Waals surface area contributed by atoms with Crippen molar-refractivity contribution in [3.63, 3.8) is 0 Å². The molecule has 29 heavy (non-hydrogen) atoms. The summed E-state index contributed by atoms with van der Waals surface area (Å²) in [5.41, 5.74) is 4.02. The molecule has 1 saturated heterocycles. The molecule has 9 heteroatoms. The minimum atomic E-state index is -3.63. The van der Waals surface area contributed by atoms with Gasteiger partial charge in [-0.15, -0.1) is 11.3 Å². The van der Waals surface area contributed by atoms with Gasteiger partial charge in [0.2, 0.25) is 10.0 Å². The lowest BCUT2D eigenvalue weighted by Gasteiger charge is -2.31. The Hall–Kier alpha value is -2.36. The van der Waals surface area contributed by atoms with Gasteiger partial charge in [-0.1, -0.05) is 6.07 Å². The highest BCUT2D eigenvalue weighted by Gasteiger charge is 2.31. The molecule has 0 aliphatic carbocycles. The molecular weight excluding hydrogens is 408 g/mol. The summed E-state index contributed by atoms with van der Waals surface area (Å²) < 4.78 is 28.1. The van der Waals surface area contributed by atoms with E-state index in [0.29, 0.717) is 47.4 Å². The zero-order chi connectivity index (χ0) is 20.6. The minimum Gasteiger partial charge on any atom is -0.348 e. The Morgan fingerprint density at radius 2 is 1.93 bits per heavy atom. The summed E-state index contributed by atoms with van der Waals surface area (Å²) in [7, 11) is -3.63. The number of hydrogen-bond acceptors (Lipinski definition) is 6. The van der Waals surface area contributed by atoms with Gasteiger partial charge >= 0.3 is 0 Å². The van der Waals surface area contributed by atoms with E-state index in [9.17, 15) is 13.2 Å². The summed E-state index contributed by atoms with van der Waals surface area (Å²) in [6.07, 6.45) is 2.82. The minimum absolute atomic E-state index is 0.0492. The zero-order valence-corrected chi connectivity index (χ0v) is 17.9. The number of hydrogen-bond donors (Lipinski definition) is 1. The summed E-state index contributed by atoms with van der Waals surface area (Å²) in [4.78, 5) is 21.7. The lowest BCUT2D eigenvalue weighted by atomic mass is 10.1. The van der Waals surface area contributed by atoms with Crippen molar-refractivity contribution < 1.29 is 13.2 Å². The van der Waals surface area contributed by atoms with Gasteiger partial charge in [0.15, 0.2) is 0 Å². The number of rotatable bonds is 4. The number of piperidine rings is 1. The molecule has 0 atom stereocenters. The van der Waals surface area contributed by atoms with Gasteiger partial charge in [0, 0.05) is 30.7 Å². The predicted molar refractivity (Wildman–Crippen MR) is 113 cm³/mol. The van der Waals surface area contributed by atoms with E-state index in [1.54, 1.807) is 42.9 Å². The molecule has 4 rings (SSSR count). The topological polar surface area (TPSA) is 92.3 Å². The van der Waals surface area contributed by atoms with Crippen molar-refractivity contribution in [3.05, 3.63) is 52.1 Å². The Labute approximate surface area is 173 Å². The van der Waals surface area contributed by atoms with Crippen LogP contribution < -0.4 is 5.32 Å². The number of nitrogens with one attached hydrogen (secondary N) is 1. The zero-order valence-electron chi connectivity index (χ0n) is 16.3. The summed E-state index contributed by atoms with van der Waals surface area (Å²) in [5, 5.41) is 3.65. The number of nitrogens with zero attached hydrogens (tertiary/aromatic N) is 3. The van der Waals surface area contributed by atoms with Crippen LogP contribution in [0.5, 0.6) is 0 Å². The summed E-state index contributed by atoms with van der Waals surface area (Å²) >= 11 is 1.32. The van der Waals surface area contributed by atoms with Gasteiger partial charge in [0.1, 0.15) is 4.88 Å². The second-order valence-electron chi connectivity index (χ2n) is 7.20. The standard InChI is InChI=1S/C20H22N4O3S2/c1-13-5-6-17(16-4-3-9-21-18(13)16)29(26,27)24-10-7-15(8-11-24)23-20(25)19-14(2)22-12-28-19/h3-6,9,12,15H,7-8,10-11H2,1-2H3,(H,23,25). The first-order valence-electron chi connectivity index (χ1n) is 9.43. The molecule has 0 saturated carbocycles. The fraction of sp³-hybridized carbons (Fsp3) is 0.350. The van der Waals surface area contributed by atoms with E-state index in [1.165, 1.54) is 15.6 Å². The lowest BCUT2D eigenvalue weighted by Crippen LogP contribution is -2.46. The Kier molecular flexibility index (Phi) is 5.37. The van der Waals surface area contributed by atoms with Crippen molar-refractivity contribution >= 4 is 38.2 Å². The van der Waals surface area contributed by atoms with Crippen LogP contribution in [0.3, 0.4) is 0 Å². The Morgan fingerprint density at radius 1 is 1.17 bits per heavy atom. The van der Waals surface area contributed by atoms with E-state index in [2.05, 4.69) is 15.3 Å². The van der Waals surface area contributed by atoms with Crippen molar-refractivity contribution in [2.75, 3.05) is 13.1 Å². The number of aryl methyl sites for hydroxylation is 2. The predicted octanol–water partition coefficient (Wildman–Crippen LogP) is 2.89. The first-order valence-corrected chi connectivity index (χ1v) is 11.8. The molecule has 1 aromatic carbocycles. The number of sulfonamides is 1. The van der Waals surface area contributed by atoms with Gasteiger partial charge in [-0.25, -0.2) is 13.4 Å². The smallest absolute Gasteiger partial charge is 0.263 e. The monoisotopic (exact) mass is 430 g/mol. The van der Waals surface area contributed by atoms with E-state index < -0.39 is 10.0 Å². The van der Waals surface area contributed by atoms with Crippen LogP contribution in [-0.2, 0) is 10.0 Å². The maximum absolute atomic E-state index is 13.3. The summed E-state index contributed by atoms with van der Waals surface area (Å²) in [5.74, 6) is -0.137. The van der Waals surface area contributed by atoms with Crippen LogP contribution in [0, 0.1) is 13.8 Å². The van der Waals surface area contributed by atoms with E-state index in [-0.39, 0.29) is 16.8 Å². The van der Waals surface area contributed by atoms with Crippen LogP contribution in [0.2, 0.25) is 0 Å². The average molecular weight is 431 g/mol. The highest BCUT2D eigenvalue weighted by Crippen LogP contribution is 2.28. The molecule has 7 nitrogen and oxygen atoms in total. The van der Waals surface area contributed by atoms with Crippen LogP contribution in [0.15, 0.2) is 40.9 Å². The van der Waals surface area contributed by atoms with E-state index >= 15 is 0 Å². The van der Waals surface area contributed by atoms with Gasteiger partial charge < -0.3 is 5.32 Å². The molecule has 1 aliphatic heterocycles. The fourth-order valence-corrected chi connectivity index (χ4v) is 6.02. The Morgan fingerprint density at radius 3 is 2.62 bits per heavy atom. The summed E-state index contributed by atoms with van der Waals surface area (Å²) in [6, 6.07) is 6.96. The number of carbonyl (C=O) groups is 1. The van der Waals surface area contributed by atoms with Crippen LogP contribution >= 0.6 is 11.3 Å². The maximum atomic E-state index is 13.3. The quantitative estimate of drug-likeness (QED) is 0.687. The van der Waals surface area contributed by atoms with Crippen LogP contribution in [0.1, 0.15) is 33.8 Å². The normalized spacial score (nSPS) is 16.2. The van der Waals surface area contributed by atoms with Gasteiger partial charge in [0.05, 0.1) is 21.6 Å². The third-order valence-electron chi connectivity index (χ3n) is 5.29. The van der Waals surface area contributed by atoms with Crippen LogP contribution in [-0.4, -0.2) is 47.7 Å². The largest absolute Gasteiger partial charge is 0.348 e. The molecule has 1 fully saturated rings. The third kappa shape index (κ3) is 3.77. The molecule has 0 unspecified atom stereocenters. The van der Waals surface area contributed by atoms with Crippen molar-refractivity contribution in [1.29, 1.82) is 0 Å². The number of pyridine rings is 1. The number of aromatic nitrogens is 2. The number of benzene rings is 1. The molecule has 3 heterocycles. The molecule has 0 spiro atoms. The van der Waals surface area contributed by atoms with Gasteiger partial charge in [-0.2, -0.15) is 4.31 Å². The number of amides is 1. The van der Waals surface area contributed by atoms with Gasteiger partial charge in [0.25, 0.3) is 5.91 Å². The average Bonchev–Trinajstić information content (AvgIpc) is 3.15. The van der Waals surface area contributed by atoms with Crippen LogP contribution in [0.4, 0.5) is 0 Å². The van der Waals surface area contributed by atoms with Crippen molar-refractivity contribution in [3.8, 4) is 0 Å². The number of carbonyl (C=O) groups excluding carboxylic acids is 1. The molecule has 1 amide bonds. The molecule has 1 N–H and O–H groups in total. The maximum Gasteiger partial charge on any atom is 0.263 e. The second-order valence-corrected chi connectivity index (χ2v) is 9.96. The van der Waals surface area contributed by atoms with Crippen molar-refractivity contribution in [1.82, 2.24) is 19.6 Å². The second kappa shape index (κ2) is 7.81. The van der Waals surface area contributed by atoms with Crippen molar-refractivity contribution in [2.24, 2.45) is 0 Å². The van der Waals surface area contributed by atoms with Crippen LogP contribution in [0.25, 0.3) is 10.9 Å². The van der Waals surface area contributed by atoms with Crippen molar-refractivity contribution in [2.45, 2.75) is 37.6 Å². The molecule has 0 bridgehead atoms. The van der Waals surface area contributed by atoms with E-state index in [1.807, 2.05) is 6.92 Å². The Balaban J connectivity index is 1.49. The summed E-state index contributed by atoms with van der Waals surface area (Å²) in [6.45, 7) is 4.46. The van der Waals surface area contributed by atoms with Gasteiger partial charge in [-0.05, 0) is 50.5 Å². The highest BCUT2D eigenvalue weighted by molar-refractivity contribution is 7.89. The first-order chi connectivity index (χ1) is 13.9. The highest BCUT2D eigenvalue weighted by atomic mass is 32.2. The molecular formula is C20H22N4O3S2. The first kappa shape index (κ1) is 19.9. The number of thiazole rings is 1. The number of fused-ring (bicyclic) bond motifs is 1. The molecule has 1 aliphatic rings.